The normalized spacial score (nSPS) is 16.1. The van der Waals surface area contributed by atoms with Crippen molar-refractivity contribution in [1.82, 2.24) is 10.2 Å². The van der Waals surface area contributed by atoms with E-state index in [1.807, 2.05) is 6.92 Å². The minimum Gasteiger partial charge on any atom is -0.314 e. The van der Waals surface area contributed by atoms with Gasteiger partial charge < -0.3 is 5.32 Å². The van der Waals surface area contributed by atoms with Crippen molar-refractivity contribution in [3.63, 3.8) is 0 Å². The Bertz CT molecular complexity index is 462. The average Bonchev–Trinajstić information content (AvgIpc) is 2.62. The van der Waals surface area contributed by atoms with Crippen LogP contribution in [0.25, 0.3) is 0 Å². The summed E-state index contributed by atoms with van der Waals surface area (Å²) in [7, 11) is 0. The smallest absolute Gasteiger partial charge is 0.261 e. The van der Waals surface area contributed by atoms with Gasteiger partial charge in [-0.15, -0.1) is 0 Å². The monoisotopic (exact) mass is 260 g/mol. The predicted molar refractivity (Wildman–Crippen MR) is 74.1 cm³/mol. The summed E-state index contributed by atoms with van der Waals surface area (Å²) in [6.45, 7) is 7.46. The zero-order valence-corrected chi connectivity index (χ0v) is 11.6. The van der Waals surface area contributed by atoms with Gasteiger partial charge in [0.25, 0.3) is 11.8 Å². The van der Waals surface area contributed by atoms with Gasteiger partial charge in [-0.3, -0.25) is 14.5 Å². The van der Waals surface area contributed by atoms with Gasteiger partial charge in [0, 0.05) is 12.6 Å². The molecular formula is C15H20N2O2. The molecule has 0 aliphatic carbocycles. The highest BCUT2D eigenvalue weighted by atomic mass is 16.2. The molecule has 4 nitrogen and oxygen atoms in total. The largest absolute Gasteiger partial charge is 0.314 e. The topological polar surface area (TPSA) is 49.4 Å². The van der Waals surface area contributed by atoms with Crippen LogP contribution in [-0.4, -0.2) is 35.8 Å². The van der Waals surface area contributed by atoms with Crippen molar-refractivity contribution in [2.45, 2.75) is 26.8 Å². The summed E-state index contributed by atoms with van der Waals surface area (Å²) in [5, 5.41) is 3.32. The van der Waals surface area contributed by atoms with Crippen molar-refractivity contribution in [3.8, 4) is 0 Å². The summed E-state index contributed by atoms with van der Waals surface area (Å²) in [6, 6.07) is 7.41. The van der Waals surface area contributed by atoms with E-state index in [4.69, 9.17) is 0 Å². The number of amides is 2. The molecule has 1 aliphatic heterocycles. The van der Waals surface area contributed by atoms with Crippen molar-refractivity contribution in [1.29, 1.82) is 0 Å². The van der Waals surface area contributed by atoms with Gasteiger partial charge in [0.2, 0.25) is 0 Å². The Morgan fingerprint density at radius 3 is 2.05 bits per heavy atom. The van der Waals surface area contributed by atoms with Gasteiger partial charge in [0.15, 0.2) is 0 Å². The first-order valence-corrected chi connectivity index (χ1v) is 6.69. The molecule has 102 valence electrons. The summed E-state index contributed by atoms with van der Waals surface area (Å²) in [5.74, 6) is -0.0985. The van der Waals surface area contributed by atoms with Crippen LogP contribution in [0, 0.1) is 5.92 Å². The molecule has 0 radical (unpaired) electrons. The Hall–Kier alpha value is -1.68. The molecule has 2 rings (SSSR count). The molecule has 1 N–H and O–H groups in total. The number of carbonyl (C=O) groups excluding carboxylic acids is 2. The fourth-order valence-electron chi connectivity index (χ4n) is 2.22. The highest BCUT2D eigenvalue weighted by molar-refractivity contribution is 6.21. The molecule has 19 heavy (non-hydrogen) atoms. The second kappa shape index (κ2) is 5.53. The van der Waals surface area contributed by atoms with Gasteiger partial charge in [0.05, 0.1) is 11.1 Å². The van der Waals surface area contributed by atoms with Crippen molar-refractivity contribution < 1.29 is 9.59 Å². The summed E-state index contributed by atoms with van der Waals surface area (Å²) >= 11 is 0. The second-order valence-corrected chi connectivity index (χ2v) is 5.43. The summed E-state index contributed by atoms with van der Waals surface area (Å²) in [5.41, 5.74) is 1.05. The van der Waals surface area contributed by atoms with Gasteiger partial charge in [-0.1, -0.05) is 32.9 Å². The van der Waals surface area contributed by atoms with Gasteiger partial charge in [-0.2, -0.15) is 0 Å². The highest BCUT2D eigenvalue weighted by Crippen LogP contribution is 2.23. The molecule has 1 aliphatic rings. The van der Waals surface area contributed by atoms with E-state index in [9.17, 15) is 9.59 Å². The number of hydrogen-bond acceptors (Lipinski definition) is 3. The fourth-order valence-corrected chi connectivity index (χ4v) is 2.22. The van der Waals surface area contributed by atoms with E-state index in [0.717, 1.165) is 6.54 Å². The predicted octanol–water partition coefficient (Wildman–Crippen LogP) is 1.92. The van der Waals surface area contributed by atoms with Crippen LogP contribution in [0.4, 0.5) is 0 Å². The van der Waals surface area contributed by atoms with E-state index in [-0.39, 0.29) is 17.7 Å². The molecule has 1 heterocycles. The molecule has 1 atom stereocenters. The number of rotatable bonds is 5. The van der Waals surface area contributed by atoms with Crippen LogP contribution in [0.3, 0.4) is 0 Å². The third kappa shape index (κ3) is 2.84. The summed E-state index contributed by atoms with van der Waals surface area (Å²) in [4.78, 5) is 25.7. The third-order valence-electron chi connectivity index (χ3n) is 3.25. The van der Waals surface area contributed by atoms with Gasteiger partial charge in [-0.05, 0) is 24.6 Å². The molecule has 1 aromatic carbocycles. The fraction of sp³-hybridized carbons (Fsp3) is 0.467. The molecule has 0 bridgehead atoms. The van der Waals surface area contributed by atoms with Gasteiger partial charge in [0.1, 0.15) is 0 Å². The molecule has 0 spiro atoms. The molecule has 0 fully saturated rings. The number of carbonyl (C=O) groups is 2. The molecule has 0 saturated carbocycles. The minimum absolute atomic E-state index is 0.169. The Balaban J connectivity index is 2.04. The maximum Gasteiger partial charge on any atom is 0.261 e. The molecule has 2 amide bonds. The first-order valence-electron chi connectivity index (χ1n) is 6.69. The number of nitrogens with one attached hydrogen (secondary N) is 1. The quantitative estimate of drug-likeness (QED) is 0.823. The molecule has 0 saturated heterocycles. The lowest BCUT2D eigenvalue weighted by molar-refractivity contribution is 0.0632. The van der Waals surface area contributed by atoms with Crippen LogP contribution in [0.1, 0.15) is 41.5 Å². The molecule has 1 unspecified atom stereocenters. The molecule has 4 heteroatoms. The zero-order chi connectivity index (χ0) is 14.0. The Morgan fingerprint density at radius 2 is 1.58 bits per heavy atom. The highest BCUT2D eigenvalue weighted by Gasteiger charge is 2.35. The lowest BCUT2D eigenvalue weighted by Crippen LogP contribution is -2.38. The first kappa shape index (κ1) is 13.7. The molecule has 0 aromatic heterocycles. The van der Waals surface area contributed by atoms with Crippen LogP contribution in [0.15, 0.2) is 24.3 Å². The van der Waals surface area contributed by atoms with Crippen molar-refractivity contribution in [2.24, 2.45) is 5.92 Å². The third-order valence-corrected chi connectivity index (χ3v) is 3.25. The van der Waals surface area contributed by atoms with E-state index < -0.39 is 0 Å². The van der Waals surface area contributed by atoms with E-state index >= 15 is 0 Å². The average molecular weight is 260 g/mol. The van der Waals surface area contributed by atoms with Crippen LogP contribution in [0.2, 0.25) is 0 Å². The SMILES string of the molecule is CC(CNC(C)C)CN1C(=O)c2ccccc2C1=O. The maximum absolute atomic E-state index is 12.2. The lowest BCUT2D eigenvalue weighted by Gasteiger charge is -2.20. The van der Waals surface area contributed by atoms with E-state index in [1.165, 1.54) is 4.90 Å². The van der Waals surface area contributed by atoms with E-state index in [0.29, 0.717) is 23.7 Å². The standard InChI is InChI=1S/C15H20N2O2/c1-10(2)16-8-11(3)9-17-14(18)12-6-4-5-7-13(12)15(17)19/h4-7,10-11,16H,8-9H2,1-3H3. The number of fused-ring (bicyclic) bond motifs is 1. The van der Waals surface area contributed by atoms with E-state index in [1.54, 1.807) is 24.3 Å². The number of benzene rings is 1. The summed E-state index contributed by atoms with van der Waals surface area (Å²) < 4.78 is 0. The molecular weight excluding hydrogens is 240 g/mol. The van der Waals surface area contributed by atoms with E-state index in [2.05, 4.69) is 19.2 Å². The number of hydrogen-bond donors (Lipinski definition) is 1. The lowest BCUT2D eigenvalue weighted by atomic mass is 10.1. The Kier molecular flexibility index (Phi) is 4.00. The maximum atomic E-state index is 12.2. The van der Waals surface area contributed by atoms with Gasteiger partial charge in [-0.25, -0.2) is 0 Å². The second-order valence-electron chi connectivity index (χ2n) is 5.43. The molecule has 1 aromatic rings. The van der Waals surface area contributed by atoms with Crippen LogP contribution < -0.4 is 5.32 Å². The van der Waals surface area contributed by atoms with Crippen molar-refractivity contribution in [3.05, 3.63) is 35.4 Å². The summed E-state index contributed by atoms with van der Waals surface area (Å²) in [6.07, 6.45) is 0. The Labute approximate surface area is 113 Å². The Morgan fingerprint density at radius 1 is 1.05 bits per heavy atom. The number of nitrogens with zero attached hydrogens (tertiary/aromatic N) is 1. The zero-order valence-electron chi connectivity index (χ0n) is 11.6. The van der Waals surface area contributed by atoms with Gasteiger partial charge >= 0.3 is 0 Å². The van der Waals surface area contributed by atoms with Crippen LogP contribution in [0.5, 0.6) is 0 Å². The minimum atomic E-state index is -0.169. The van der Waals surface area contributed by atoms with Crippen molar-refractivity contribution >= 4 is 11.8 Å². The number of imide groups is 1. The van der Waals surface area contributed by atoms with Crippen LogP contribution >= 0.6 is 0 Å². The van der Waals surface area contributed by atoms with Crippen LogP contribution in [-0.2, 0) is 0 Å². The first-order chi connectivity index (χ1) is 9.00. The van der Waals surface area contributed by atoms with Crippen molar-refractivity contribution in [2.75, 3.05) is 13.1 Å².